The predicted octanol–water partition coefficient (Wildman–Crippen LogP) is 7.35. The van der Waals surface area contributed by atoms with Gasteiger partial charge in [0, 0.05) is 0 Å². The number of hydrogen-bond acceptors (Lipinski definition) is 1. The summed E-state index contributed by atoms with van der Waals surface area (Å²) in [4.78, 5) is 0. The van der Waals surface area contributed by atoms with Crippen molar-refractivity contribution in [2.45, 2.75) is 84.5 Å². The Hall–Kier alpha value is -1.24. The van der Waals surface area contributed by atoms with Gasteiger partial charge in [0.15, 0.2) is 0 Å². The molecule has 1 saturated carbocycles. The first kappa shape index (κ1) is 20.1. The number of ether oxygens (including phenoxy) is 1. The molecule has 0 N–H and O–H groups in total. The standard InChI is InChI=1S/C24H38O/c1-3-5-6-9-21-12-14-22(15-13-21)10-7-8-11-23-16-18-24(19-17-23)25-20-4-2/h7,10,16-19,21-22H,3-6,8-9,11-15,20H2,1-2H3. The second-order valence-electron chi connectivity index (χ2n) is 7.74. The van der Waals surface area contributed by atoms with Gasteiger partial charge in [-0.25, -0.2) is 0 Å². The third-order valence-corrected chi connectivity index (χ3v) is 5.51. The maximum atomic E-state index is 5.64. The van der Waals surface area contributed by atoms with E-state index in [1.165, 1.54) is 56.9 Å². The summed E-state index contributed by atoms with van der Waals surface area (Å²) in [6, 6.07) is 8.63. The Balaban J connectivity index is 1.60. The molecule has 1 aromatic carbocycles. The molecule has 1 aliphatic rings. The minimum absolute atomic E-state index is 0.808. The van der Waals surface area contributed by atoms with E-state index in [4.69, 9.17) is 4.74 Å². The normalized spacial score (nSPS) is 20.9. The number of unbranched alkanes of at least 4 members (excludes halogenated alkanes) is 2. The molecule has 1 heteroatoms. The molecule has 1 aliphatic carbocycles. The lowest BCUT2D eigenvalue weighted by Gasteiger charge is -2.26. The maximum absolute atomic E-state index is 5.64. The molecule has 0 spiro atoms. The SMILES string of the molecule is CCCCCC1CCC(C=CCCc2ccc(OCCC)cc2)CC1. The lowest BCUT2D eigenvalue weighted by molar-refractivity contribution is 0.289. The minimum atomic E-state index is 0.808. The van der Waals surface area contributed by atoms with Crippen molar-refractivity contribution in [3.63, 3.8) is 0 Å². The predicted molar refractivity (Wildman–Crippen MR) is 109 cm³/mol. The molecule has 0 bridgehead atoms. The summed E-state index contributed by atoms with van der Waals surface area (Å²) in [5.41, 5.74) is 1.41. The topological polar surface area (TPSA) is 9.23 Å². The van der Waals surface area contributed by atoms with Crippen LogP contribution in [0.5, 0.6) is 5.75 Å². The third-order valence-electron chi connectivity index (χ3n) is 5.51. The van der Waals surface area contributed by atoms with Gasteiger partial charge in [-0.15, -0.1) is 0 Å². The second-order valence-corrected chi connectivity index (χ2v) is 7.74. The van der Waals surface area contributed by atoms with Gasteiger partial charge >= 0.3 is 0 Å². The van der Waals surface area contributed by atoms with E-state index in [0.717, 1.165) is 43.5 Å². The van der Waals surface area contributed by atoms with E-state index in [2.05, 4.69) is 50.3 Å². The van der Waals surface area contributed by atoms with Gasteiger partial charge in [0.1, 0.15) is 5.75 Å². The lowest BCUT2D eigenvalue weighted by Crippen LogP contribution is -2.13. The summed E-state index contributed by atoms with van der Waals surface area (Å²) in [7, 11) is 0. The van der Waals surface area contributed by atoms with Gasteiger partial charge in [0.2, 0.25) is 0 Å². The van der Waals surface area contributed by atoms with Crippen LogP contribution in [0.15, 0.2) is 36.4 Å². The van der Waals surface area contributed by atoms with Crippen molar-refractivity contribution >= 4 is 0 Å². The minimum Gasteiger partial charge on any atom is -0.494 e. The molecule has 0 amide bonds. The first-order chi connectivity index (χ1) is 12.3. The molecule has 2 rings (SSSR count). The highest BCUT2D eigenvalue weighted by molar-refractivity contribution is 5.27. The highest BCUT2D eigenvalue weighted by atomic mass is 16.5. The second kappa shape index (κ2) is 12.2. The summed E-state index contributed by atoms with van der Waals surface area (Å²) >= 11 is 0. The van der Waals surface area contributed by atoms with Crippen LogP contribution < -0.4 is 4.74 Å². The first-order valence-electron chi connectivity index (χ1n) is 10.7. The Bertz CT molecular complexity index is 465. The molecular formula is C24H38O. The Morgan fingerprint density at radius 1 is 0.960 bits per heavy atom. The fraction of sp³-hybridized carbons (Fsp3) is 0.667. The Morgan fingerprint density at radius 2 is 1.72 bits per heavy atom. The highest BCUT2D eigenvalue weighted by Crippen LogP contribution is 2.32. The molecule has 0 heterocycles. The fourth-order valence-corrected chi connectivity index (χ4v) is 3.86. The zero-order valence-corrected chi connectivity index (χ0v) is 16.5. The van der Waals surface area contributed by atoms with E-state index in [0.29, 0.717) is 0 Å². The van der Waals surface area contributed by atoms with Crippen LogP contribution in [0.2, 0.25) is 0 Å². The van der Waals surface area contributed by atoms with E-state index in [9.17, 15) is 0 Å². The molecule has 1 aromatic rings. The van der Waals surface area contributed by atoms with Gasteiger partial charge in [-0.2, -0.15) is 0 Å². The average Bonchev–Trinajstić information content (AvgIpc) is 2.66. The summed E-state index contributed by atoms with van der Waals surface area (Å²) in [5.74, 6) is 2.86. The first-order valence-corrected chi connectivity index (χ1v) is 10.7. The van der Waals surface area contributed by atoms with E-state index in [-0.39, 0.29) is 0 Å². The summed E-state index contributed by atoms with van der Waals surface area (Å²) < 4.78 is 5.64. The van der Waals surface area contributed by atoms with Crippen molar-refractivity contribution in [2.24, 2.45) is 11.8 Å². The van der Waals surface area contributed by atoms with E-state index < -0.39 is 0 Å². The monoisotopic (exact) mass is 342 g/mol. The molecule has 25 heavy (non-hydrogen) atoms. The van der Waals surface area contributed by atoms with Crippen LogP contribution in [0.25, 0.3) is 0 Å². The number of aryl methyl sites for hydroxylation is 1. The number of benzene rings is 1. The van der Waals surface area contributed by atoms with Crippen molar-refractivity contribution in [2.75, 3.05) is 6.61 Å². The Labute approximate surface area is 155 Å². The largest absolute Gasteiger partial charge is 0.494 e. The van der Waals surface area contributed by atoms with Crippen LogP contribution >= 0.6 is 0 Å². The molecule has 0 aliphatic heterocycles. The van der Waals surface area contributed by atoms with Crippen LogP contribution in [0, 0.1) is 11.8 Å². The quantitative estimate of drug-likeness (QED) is 0.302. The maximum Gasteiger partial charge on any atom is 0.119 e. The van der Waals surface area contributed by atoms with Crippen LogP contribution in [0.3, 0.4) is 0 Å². The molecule has 0 aromatic heterocycles. The van der Waals surface area contributed by atoms with Crippen molar-refractivity contribution < 1.29 is 4.74 Å². The smallest absolute Gasteiger partial charge is 0.119 e. The highest BCUT2D eigenvalue weighted by Gasteiger charge is 2.18. The van der Waals surface area contributed by atoms with E-state index >= 15 is 0 Å². The number of rotatable bonds is 11. The van der Waals surface area contributed by atoms with Crippen LogP contribution in [-0.2, 0) is 6.42 Å². The van der Waals surface area contributed by atoms with Gasteiger partial charge in [-0.1, -0.05) is 63.8 Å². The summed E-state index contributed by atoms with van der Waals surface area (Å²) in [6.07, 6.45) is 19.7. The summed E-state index contributed by atoms with van der Waals surface area (Å²) in [5, 5.41) is 0. The van der Waals surface area contributed by atoms with Crippen LogP contribution in [-0.4, -0.2) is 6.61 Å². The van der Waals surface area contributed by atoms with Gasteiger partial charge < -0.3 is 4.74 Å². The van der Waals surface area contributed by atoms with Crippen molar-refractivity contribution in [1.29, 1.82) is 0 Å². The van der Waals surface area contributed by atoms with Gasteiger partial charge in [0.25, 0.3) is 0 Å². The van der Waals surface area contributed by atoms with Crippen molar-refractivity contribution in [3.05, 3.63) is 42.0 Å². The Kier molecular flexibility index (Phi) is 9.77. The average molecular weight is 343 g/mol. The lowest BCUT2D eigenvalue weighted by atomic mass is 9.79. The van der Waals surface area contributed by atoms with Crippen LogP contribution in [0.1, 0.15) is 83.6 Å². The molecule has 140 valence electrons. The molecule has 0 saturated heterocycles. The molecule has 0 radical (unpaired) electrons. The van der Waals surface area contributed by atoms with Crippen molar-refractivity contribution in [1.82, 2.24) is 0 Å². The number of allylic oxidation sites excluding steroid dienone is 2. The Morgan fingerprint density at radius 3 is 2.40 bits per heavy atom. The number of hydrogen-bond donors (Lipinski definition) is 0. The van der Waals surface area contributed by atoms with Gasteiger partial charge in [-0.05, 0) is 74.5 Å². The molecule has 1 nitrogen and oxygen atoms in total. The van der Waals surface area contributed by atoms with Gasteiger partial charge in [0.05, 0.1) is 6.61 Å². The fourth-order valence-electron chi connectivity index (χ4n) is 3.86. The van der Waals surface area contributed by atoms with Crippen molar-refractivity contribution in [3.8, 4) is 5.75 Å². The molecule has 1 fully saturated rings. The van der Waals surface area contributed by atoms with Crippen LogP contribution in [0.4, 0.5) is 0 Å². The van der Waals surface area contributed by atoms with E-state index in [1.54, 1.807) is 0 Å². The molecule has 0 atom stereocenters. The molecule has 0 unspecified atom stereocenters. The molecular weight excluding hydrogens is 304 g/mol. The zero-order valence-electron chi connectivity index (χ0n) is 16.5. The van der Waals surface area contributed by atoms with Gasteiger partial charge in [-0.3, -0.25) is 0 Å². The third kappa shape index (κ3) is 8.12. The zero-order chi connectivity index (χ0) is 17.7. The van der Waals surface area contributed by atoms with E-state index in [1.807, 2.05) is 0 Å². The summed E-state index contributed by atoms with van der Waals surface area (Å²) in [6.45, 7) is 5.25.